The molecular formula is C14H26N2O. The van der Waals surface area contributed by atoms with Gasteiger partial charge in [0.15, 0.2) is 0 Å². The topological polar surface area (TPSA) is 46.3 Å². The van der Waals surface area contributed by atoms with Crippen molar-refractivity contribution >= 4 is 5.91 Å². The van der Waals surface area contributed by atoms with Gasteiger partial charge >= 0.3 is 0 Å². The summed E-state index contributed by atoms with van der Waals surface area (Å²) in [5.41, 5.74) is 5.84. The molecule has 3 heteroatoms. The first-order chi connectivity index (χ1) is 7.85. The number of carbonyl (C=O) groups excluding carboxylic acids is 1. The number of hydrogen-bond donors (Lipinski definition) is 1. The fourth-order valence-corrected chi connectivity index (χ4v) is 2.30. The number of nitrogens with zero attached hydrogens (tertiary/aromatic N) is 1. The van der Waals surface area contributed by atoms with E-state index in [1.54, 1.807) is 6.08 Å². The van der Waals surface area contributed by atoms with E-state index in [2.05, 4.69) is 27.7 Å². The van der Waals surface area contributed by atoms with Crippen LogP contribution in [-0.4, -0.2) is 29.9 Å². The average molecular weight is 238 g/mol. The molecule has 0 aliphatic carbocycles. The van der Waals surface area contributed by atoms with Crippen LogP contribution in [0.1, 0.15) is 40.5 Å². The van der Waals surface area contributed by atoms with Gasteiger partial charge in [-0.15, -0.1) is 0 Å². The van der Waals surface area contributed by atoms with Crippen LogP contribution in [0.4, 0.5) is 0 Å². The average Bonchev–Trinajstić information content (AvgIpc) is 2.24. The minimum atomic E-state index is 0.0509. The van der Waals surface area contributed by atoms with Gasteiger partial charge in [0.2, 0.25) is 5.91 Å². The van der Waals surface area contributed by atoms with Crippen LogP contribution < -0.4 is 5.73 Å². The van der Waals surface area contributed by atoms with E-state index in [-0.39, 0.29) is 17.4 Å². The van der Waals surface area contributed by atoms with Gasteiger partial charge in [-0.25, -0.2) is 0 Å². The highest BCUT2D eigenvalue weighted by Gasteiger charge is 2.29. The van der Waals surface area contributed by atoms with Crippen LogP contribution >= 0.6 is 0 Å². The zero-order chi connectivity index (χ0) is 13.1. The van der Waals surface area contributed by atoms with Crippen LogP contribution in [0.3, 0.4) is 0 Å². The molecule has 0 radical (unpaired) electrons. The molecule has 98 valence electrons. The van der Waals surface area contributed by atoms with Crippen molar-refractivity contribution in [2.24, 2.45) is 17.1 Å². The minimum absolute atomic E-state index is 0.0509. The summed E-state index contributed by atoms with van der Waals surface area (Å²) in [5, 5.41) is 0. The minimum Gasteiger partial charge on any atom is -0.335 e. The summed E-state index contributed by atoms with van der Waals surface area (Å²) in [6.07, 6.45) is 5.95. The zero-order valence-electron chi connectivity index (χ0n) is 11.6. The Labute approximate surface area is 105 Å². The zero-order valence-corrected chi connectivity index (χ0v) is 11.6. The molecule has 0 spiro atoms. The third-order valence-electron chi connectivity index (χ3n) is 3.37. The highest BCUT2D eigenvalue weighted by Crippen LogP contribution is 2.23. The van der Waals surface area contributed by atoms with E-state index in [0.717, 1.165) is 13.0 Å². The van der Waals surface area contributed by atoms with Crippen molar-refractivity contribution in [2.45, 2.75) is 46.6 Å². The Kier molecular flexibility index (Phi) is 4.75. The monoisotopic (exact) mass is 238 g/mol. The van der Waals surface area contributed by atoms with Crippen LogP contribution in [0.15, 0.2) is 12.2 Å². The van der Waals surface area contributed by atoms with Crippen molar-refractivity contribution < 1.29 is 4.79 Å². The lowest BCUT2D eigenvalue weighted by Gasteiger charge is -2.39. The lowest BCUT2D eigenvalue weighted by atomic mass is 9.90. The Morgan fingerprint density at radius 3 is 2.65 bits per heavy atom. The first kappa shape index (κ1) is 14.2. The maximum Gasteiger partial charge on any atom is 0.246 e. The van der Waals surface area contributed by atoms with Gasteiger partial charge in [0.05, 0.1) is 0 Å². The van der Waals surface area contributed by atoms with E-state index < -0.39 is 0 Å². The van der Waals surface area contributed by atoms with Crippen molar-refractivity contribution in [3.05, 3.63) is 12.2 Å². The third-order valence-corrected chi connectivity index (χ3v) is 3.37. The molecule has 1 heterocycles. The Morgan fingerprint density at radius 2 is 2.12 bits per heavy atom. The van der Waals surface area contributed by atoms with Gasteiger partial charge in [-0.2, -0.15) is 0 Å². The lowest BCUT2D eigenvalue weighted by molar-refractivity contribution is -0.130. The lowest BCUT2D eigenvalue weighted by Crippen LogP contribution is -2.50. The summed E-state index contributed by atoms with van der Waals surface area (Å²) in [5.74, 6) is 0.627. The molecule has 2 N–H and O–H groups in total. The third kappa shape index (κ3) is 4.15. The quantitative estimate of drug-likeness (QED) is 0.749. The number of carbonyl (C=O) groups is 1. The van der Waals surface area contributed by atoms with E-state index >= 15 is 0 Å². The standard InChI is InChI=1S/C14H26N2O/c1-11-6-5-9-16(12(11)10-15)13(17)7-8-14(2,3)4/h7-8,11-12H,5-6,9-10,15H2,1-4H3/b8-7+. The number of allylic oxidation sites excluding steroid dienone is 1. The maximum atomic E-state index is 12.1. The van der Waals surface area contributed by atoms with E-state index in [4.69, 9.17) is 5.73 Å². The molecule has 0 bridgehead atoms. The number of likely N-dealkylation sites (tertiary alicyclic amines) is 1. The fraction of sp³-hybridized carbons (Fsp3) is 0.786. The van der Waals surface area contributed by atoms with Gasteiger partial charge in [0.1, 0.15) is 0 Å². The van der Waals surface area contributed by atoms with Crippen molar-refractivity contribution in [1.82, 2.24) is 4.90 Å². The highest BCUT2D eigenvalue weighted by molar-refractivity contribution is 5.88. The molecule has 1 aliphatic rings. The summed E-state index contributed by atoms with van der Waals surface area (Å²) in [6.45, 7) is 9.88. The second-order valence-corrected chi connectivity index (χ2v) is 6.15. The molecule has 1 aliphatic heterocycles. The SMILES string of the molecule is CC1CCCN(C(=O)/C=C/C(C)(C)C)C1CN. The van der Waals surface area contributed by atoms with Crippen LogP contribution in [0.2, 0.25) is 0 Å². The summed E-state index contributed by atoms with van der Waals surface area (Å²) in [6, 6.07) is 0.209. The largest absolute Gasteiger partial charge is 0.335 e. The van der Waals surface area contributed by atoms with Crippen molar-refractivity contribution in [3.63, 3.8) is 0 Å². The first-order valence-corrected chi connectivity index (χ1v) is 6.55. The van der Waals surface area contributed by atoms with E-state index in [0.29, 0.717) is 12.5 Å². The van der Waals surface area contributed by atoms with Crippen molar-refractivity contribution in [2.75, 3.05) is 13.1 Å². The van der Waals surface area contributed by atoms with Gasteiger partial charge in [-0.3, -0.25) is 4.79 Å². The predicted molar refractivity (Wildman–Crippen MR) is 71.5 cm³/mol. The molecule has 2 atom stereocenters. The van der Waals surface area contributed by atoms with Crippen LogP contribution in [0.25, 0.3) is 0 Å². The molecule has 0 aromatic rings. The van der Waals surface area contributed by atoms with Gasteiger partial charge in [0, 0.05) is 19.1 Å². The fourth-order valence-electron chi connectivity index (χ4n) is 2.30. The number of amides is 1. The number of hydrogen-bond acceptors (Lipinski definition) is 2. The Balaban J connectivity index is 2.70. The smallest absolute Gasteiger partial charge is 0.246 e. The molecule has 1 fully saturated rings. The predicted octanol–water partition coefficient (Wildman–Crippen LogP) is 2.17. The molecule has 0 aromatic heterocycles. The first-order valence-electron chi connectivity index (χ1n) is 6.55. The molecule has 2 unspecified atom stereocenters. The molecule has 0 saturated carbocycles. The molecule has 0 aromatic carbocycles. The highest BCUT2D eigenvalue weighted by atomic mass is 16.2. The van der Waals surface area contributed by atoms with E-state index in [1.165, 1.54) is 6.42 Å². The van der Waals surface area contributed by atoms with Crippen molar-refractivity contribution in [1.29, 1.82) is 0 Å². The summed E-state index contributed by atoms with van der Waals surface area (Å²) < 4.78 is 0. The van der Waals surface area contributed by atoms with E-state index in [9.17, 15) is 4.79 Å². The van der Waals surface area contributed by atoms with Crippen molar-refractivity contribution in [3.8, 4) is 0 Å². The van der Waals surface area contributed by atoms with Crippen LogP contribution in [-0.2, 0) is 4.79 Å². The number of piperidine rings is 1. The molecule has 1 amide bonds. The van der Waals surface area contributed by atoms with Gasteiger partial charge < -0.3 is 10.6 Å². The summed E-state index contributed by atoms with van der Waals surface area (Å²) in [4.78, 5) is 14.1. The Hall–Kier alpha value is -0.830. The normalized spacial score (nSPS) is 26.5. The molecule has 17 heavy (non-hydrogen) atoms. The second-order valence-electron chi connectivity index (χ2n) is 6.15. The van der Waals surface area contributed by atoms with Gasteiger partial charge in [0.25, 0.3) is 0 Å². The second kappa shape index (κ2) is 5.67. The number of nitrogens with two attached hydrogens (primary N) is 1. The Bertz CT molecular complexity index is 291. The maximum absolute atomic E-state index is 12.1. The molecule has 1 saturated heterocycles. The van der Waals surface area contributed by atoms with Gasteiger partial charge in [-0.1, -0.05) is 33.8 Å². The Morgan fingerprint density at radius 1 is 1.47 bits per heavy atom. The molecular weight excluding hydrogens is 212 g/mol. The number of rotatable bonds is 2. The van der Waals surface area contributed by atoms with E-state index in [1.807, 2.05) is 11.0 Å². The molecule has 1 rings (SSSR count). The summed E-state index contributed by atoms with van der Waals surface area (Å²) >= 11 is 0. The van der Waals surface area contributed by atoms with Gasteiger partial charge in [-0.05, 0) is 30.3 Å². The molecule has 3 nitrogen and oxygen atoms in total. The van der Waals surface area contributed by atoms with Crippen LogP contribution in [0, 0.1) is 11.3 Å². The van der Waals surface area contributed by atoms with Crippen LogP contribution in [0.5, 0.6) is 0 Å². The summed E-state index contributed by atoms with van der Waals surface area (Å²) in [7, 11) is 0.